The molecule has 4 nitrogen and oxygen atoms in total. The summed E-state index contributed by atoms with van der Waals surface area (Å²) in [7, 11) is 2.06. The number of rotatable bonds is 2. The van der Waals surface area contributed by atoms with Crippen LogP contribution in [0.3, 0.4) is 0 Å². The average molecular weight is 212 g/mol. The number of carboxylic acid groups (broad SMARTS) is 1. The zero-order chi connectivity index (χ0) is 10.1. The number of aromatic nitrogens is 1. The first-order chi connectivity index (χ1) is 6.68. The van der Waals surface area contributed by atoms with Crippen LogP contribution in [0, 0.1) is 0 Å². The van der Waals surface area contributed by atoms with Crippen molar-refractivity contribution in [1.82, 2.24) is 9.88 Å². The van der Waals surface area contributed by atoms with Crippen molar-refractivity contribution < 1.29 is 9.90 Å². The fourth-order valence-corrected chi connectivity index (χ4v) is 2.72. The van der Waals surface area contributed by atoms with Crippen LogP contribution >= 0.6 is 11.3 Å². The molecular weight excluding hydrogens is 200 g/mol. The third-order valence-electron chi connectivity index (χ3n) is 2.54. The van der Waals surface area contributed by atoms with Crippen LogP contribution in [0.2, 0.25) is 0 Å². The smallest absolute Gasteiger partial charge is 0.347 e. The minimum absolute atomic E-state index is 0.327. The van der Waals surface area contributed by atoms with Gasteiger partial charge in [0.1, 0.15) is 9.88 Å². The fraction of sp³-hybridized carbons (Fsp3) is 0.556. The molecule has 1 atom stereocenters. The summed E-state index contributed by atoms with van der Waals surface area (Å²) in [6.07, 6.45) is 3.71. The highest BCUT2D eigenvalue weighted by atomic mass is 32.1. The highest BCUT2D eigenvalue weighted by molar-refractivity contribution is 7.13. The van der Waals surface area contributed by atoms with Crippen molar-refractivity contribution >= 4 is 17.3 Å². The Balaban J connectivity index is 2.20. The molecule has 2 heterocycles. The van der Waals surface area contributed by atoms with Crippen LogP contribution in [0.4, 0.5) is 0 Å². The minimum atomic E-state index is -0.880. The number of hydrogen-bond donors (Lipinski definition) is 1. The Labute approximate surface area is 86.2 Å². The van der Waals surface area contributed by atoms with E-state index in [4.69, 9.17) is 5.11 Å². The Morgan fingerprint density at radius 1 is 1.79 bits per heavy atom. The highest BCUT2D eigenvalue weighted by Crippen LogP contribution is 2.32. The number of hydrogen-bond acceptors (Lipinski definition) is 4. The average Bonchev–Trinajstić information content (AvgIpc) is 2.71. The van der Waals surface area contributed by atoms with Gasteiger partial charge in [-0.3, -0.25) is 4.90 Å². The predicted molar refractivity (Wildman–Crippen MR) is 53.7 cm³/mol. The second kappa shape index (κ2) is 3.67. The second-order valence-corrected chi connectivity index (χ2v) is 4.57. The maximum atomic E-state index is 10.7. The lowest BCUT2D eigenvalue weighted by molar-refractivity contribution is 0.0702. The molecule has 1 saturated heterocycles. The van der Waals surface area contributed by atoms with Crippen molar-refractivity contribution in [2.45, 2.75) is 18.9 Å². The van der Waals surface area contributed by atoms with E-state index in [2.05, 4.69) is 16.9 Å². The zero-order valence-corrected chi connectivity index (χ0v) is 8.75. The standard InChI is InChI=1S/C9H12N2O2S/c1-11-4-2-3-6(11)8-10-5-7(14-8)9(12)13/h5-6H,2-4H2,1H3,(H,12,13). The molecule has 2 rings (SSSR count). The van der Waals surface area contributed by atoms with Gasteiger partial charge in [-0.2, -0.15) is 0 Å². The normalized spacial score (nSPS) is 22.8. The molecule has 1 aliphatic heterocycles. The Hall–Kier alpha value is -0.940. The lowest BCUT2D eigenvalue weighted by Gasteiger charge is -2.15. The number of carbonyl (C=O) groups is 1. The third kappa shape index (κ3) is 1.65. The van der Waals surface area contributed by atoms with Gasteiger partial charge in [-0.25, -0.2) is 9.78 Å². The van der Waals surface area contributed by atoms with Gasteiger partial charge in [0.15, 0.2) is 0 Å². The number of likely N-dealkylation sites (tertiary alicyclic amines) is 1. The summed E-state index contributed by atoms with van der Waals surface area (Å²) in [6.45, 7) is 1.08. The number of nitrogens with zero attached hydrogens (tertiary/aromatic N) is 2. The Kier molecular flexibility index (Phi) is 2.52. The van der Waals surface area contributed by atoms with Crippen LogP contribution in [0.1, 0.15) is 33.6 Å². The molecule has 76 valence electrons. The van der Waals surface area contributed by atoms with Crippen molar-refractivity contribution in [3.63, 3.8) is 0 Å². The van der Waals surface area contributed by atoms with E-state index in [1.807, 2.05) is 0 Å². The molecule has 1 aliphatic rings. The lowest BCUT2D eigenvalue weighted by Crippen LogP contribution is -2.17. The fourth-order valence-electron chi connectivity index (χ4n) is 1.76. The van der Waals surface area contributed by atoms with Gasteiger partial charge in [-0.15, -0.1) is 11.3 Å². The van der Waals surface area contributed by atoms with Crippen LogP contribution in [-0.4, -0.2) is 34.6 Å². The Morgan fingerprint density at radius 2 is 2.57 bits per heavy atom. The van der Waals surface area contributed by atoms with E-state index < -0.39 is 5.97 Å². The van der Waals surface area contributed by atoms with Crippen molar-refractivity contribution in [3.8, 4) is 0 Å². The van der Waals surface area contributed by atoms with Crippen molar-refractivity contribution in [1.29, 1.82) is 0 Å². The quantitative estimate of drug-likeness (QED) is 0.809. The first kappa shape index (κ1) is 9.61. The van der Waals surface area contributed by atoms with E-state index in [9.17, 15) is 4.79 Å². The van der Waals surface area contributed by atoms with Crippen LogP contribution < -0.4 is 0 Å². The monoisotopic (exact) mass is 212 g/mol. The molecule has 1 aromatic heterocycles. The molecule has 0 aromatic carbocycles. The molecule has 1 N–H and O–H groups in total. The van der Waals surface area contributed by atoms with Crippen LogP contribution in [0.5, 0.6) is 0 Å². The van der Waals surface area contributed by atoms with E-state index in [1.165, 1.54) is 24.0 Å². The molecule has 0 amide bonds. The van der Waals surface area contributed by atoms with Crippen molar-refractivity contribution in [3.05, 3.63) is 16.1 Å². The maximum absolute atomic E-state index is 10.7. The SMILES string of the molecule is CN1CCCC1c1ncc(C(=O)O)s1. The largest absolute Gasteiger partial charge is 0.477 e. The second-order valence-electron chi connectivity index (χ2n) is 3.51. The topological polar surface area (TPSA) is 53.4 Å². The van der Waals surface area contributed by atoms with Gasteiger partial charge in [0.25, 0.3) is 0 Å². The van der Waals surface area contributed by atoms with E-state index in [1.54, 1.807) is 0 Å². The molecule has 0 radical (unpaired) electrons. The molecule has 1 aromatic rings. The Bertz CT molecular complexity index is 350. The zero-order valence-electron chi connectivity index (χ0n) is 7.93. The van der Waals surface area contributed by atoms with E-state index >= 15 is 0 Å². The molecule has 1 fully saturated rings. The number of carboxylic acids is 1. The van der Waals surface area contributed by atoms with Crippen LogP contribution in [-0.2, 0) is 0 Å². The highest BCUT2D eigenvalue weighted by Gasteiger charge is 2.25. The van der Waals surface area contributed by atoms with Gasteiger partial charge in [0.05, 0.1) is 12.2 Å². The molecule has 1 unspecified atom stereocenters. The summed E-state index contributed by atoms with van der Waals surface area (Å²) >= 11 is 1.29. The third-order valence-corrected chi connectivity index (χ3v) is 3.63. The van der Waals surface area contributed by atoms with E-state index in [0.29, 0.717) is 10.9 Å². The summed E-state index contributed by atoms with van der Waals surface area (Å²) in [5, 5.41) is 9.70. The van der Waals surface area contributed by atoms with Gasteiger partial charge in [-0.05, 0) is 26.4 Å². The first-order valence-electron chi connectivity index (χ1n) is 4.58. The molecule has 5 heteroatoms. The van der Waals surface area contributed by atoms with E-state index in [-0.39, 0.29) is 0 Å². The lowest BCUT2D eigenvalue weighted by atomic mass is 10.2. The molecule has 14 heavy (non-hydrogen) atoms. The summed E-state index contributed by atoms with van der Waals surface area (Å²) in [5.74, 6) is -0.880. The van der Waals surface area contributed by atoms with Crippen LogP contribution in [0.25, 0.3) is 0 Å². The molecule has 0 spiro atoms. The molecule has 0 saturated carbocycles. The minimum Gasteiger partial charge on any atom is -0.477 e. The van der Waals surface area contributed by atoms with Crippen molar-refractivity contribution in [2.75, 3.05) is 13.6 Å². The molecule has 0 aliphatic carbocycles. The molecular formula is C9H12N2O2S. The predicted octanol–water partition coefficient (Wildman–Crippen LogP) is 1.61. The summed E-state index contributed by atoms with van der Waals surface area (Å²) < 4.78 is 0. The number of aromatic carboxylic acids is 1. The van der Waals surface area contributed by atoms with E-state index in [0.717, 1.165) is 18.0 Å². The van der Waals surface area contributed by atoms with Gasteiger partial charge >= 0.3 is 5.97 Å². The first-order valence-corrected chi connectivity index (χ1v) is 5.39. The summed E-state index contributed by atoms with van der Waals surface area (Å²) in [5.41, 5.74) is 0. The number of thiazole rings is 1. The van der Waals surface area contributed by atoms with Crippen molar-refractivity contribution in [2.24, 2.45) is 0 Å². The molecule has 0 bridgehead atoms. The van der Waals surface area contributed by atoms with Crippen LogP contribution in [0.15, 0.2) is 6.20 Å². The summed E-state index contributed by atoms with van der Waals surface area (Å²) in [4.78, 5) is 17.4. The summed E-state index contributed by atoms with van der Waals surface area (Å²) in [6, 6.07) is 0.327. The van der Waals surface area contributed by atoms with Gasteiger partial charge < -0.3 is 5.11 Å². The van der Waals surface area contributed by atoms with Gasteiger partial charge in [-0.1, -0.05) is 0 Å². The van der Waals surface area contributed by atoms with Gasteiger partial charge in [0.2, 0.25) is 0 Å². The van der Waals surface area contributed by atoms with Gasteiger partial charge in [0, 0.05) is 0 Å². The maximum Gasteiger partial charge on any atom is 0.347 e. The Morgan fingerprint density at radius 3 is 3.07 bits per heavy atom.